The van der Waals surface area contributed by atoms with Crippen LogP contribution in [0.15, 0.2) is 267 Å². The lowest BCUT2D eigenvalue weighted by Crippen LogP contribution is -2.61. The van der Waals surface area contributed by atoms with Crippen LogP contribution in [0.2, 0.25) is 0 Å². The molecule has 0 amide bonds. The third-order valence-electron chi connectivity index (χ3n) is 17.6. The summed E-state index contributed by atoms with van der Waals surface area (Å²) in [5, 5.41) is 10.9. The van der Waals surface area contributed by atoms with E-state index in [9.17, 15) is 16.2 Å². The summed E-state index contributed by atoms with van der Waals surface area (Å²) in [6.45, 7) is 19.1. The zero-order valence-corrected chi connectivity index (χ0v) is 51.5. The van der Waals surface area contributed by atoms with E-state index in [1.54, 1.807) is 18.2 Å². The fourth-order valence-corrected chi connectivity index (χ4v) is 12.9. The zero-order chi connectivity index (χ0) is 76.6. The van der Waals surface area contributed by atoms with Gasteiger partial charge in [-0.1, -0.05) is 250 Å². The van der Waals surface area contributed by atoms with E-state index in [2.05, 4.69) is 164 Å². The van der Waals surface area contributed by atoms with Crippen LogP contribution in [0.1, 0.15) is 108 Å². The lowest BCUT2D eigenvalue weighted by molar-refractivity contribution is 0.569. The maximum absolute atomic E-state index is 11.5. The summed E-state index contributed by atoms with van der Waals surface area (Å²) < 4.78 is 158. The minimum Gasteiger partial charge on any atom is -0.311 e. The summed E-state index contributed by atoms with van der Waals surface area (Å²) in [5.74, 6) is 0. The molecule has 0 fully saturated rings. The quantitative estimate of drug-likeness (QED) is 0.142. The average molecular weight is 1180 g/mol. The number of aromatic nitrogens is 1. The Kier molecular flexibility index (Phi) is 9.57. The predicted molar refractivity (Wildman–Crippen MR) is 383 cm³/mol. The standard InChI is InChI=1S/C85H71BN4/c1-83(2,3)66-43-65(44-67(50-66)84(4,5)6)61-36-40-74-79(49-61)89(70-45-63(57-28-18-12-19-29-57)42-64(46-70)58-30-20-13-21-31-58)81-52-68(85(7,8)9)51-80-82(81)86(74)73-39-35-60(56-26-16-11-17-27-56)48-78(73)88(80)69-38-34-62(54-87)77(53-69)90-75-33-23-22-32-71(75)72-47-59(37-41-76(72)90)55-24-14-10-15-25-55/h10-53H,1-9H3/i10D,11D,14D,15D,16D,17D,22D,23D,24D,25D,26D,27D,32D,33D,37D,41D,47D. The molecular formula is C85H71BN4. The molecule has 1 aromatic heterocycles. The van der Waals surface area contributed by atoms with Gasteiger partial charge in [0, 0.05) is 44.9 Å². The van der Waals surface area contributed by atoms with E-state index in [1.807, 2.05) is 53.4 Å². The molecule has 13 aromatic rings. The Hall–Kier alpha value is -10.4. The lowest BCUT2D eigenvalue weighted by atomic mass is 9.33. The molecule has 2 aliphatic rings. The van der Waals surface area contributed by atoms with Gasteiger partial charge in [0.05, 0.1) is 45.6 Å². The summed E-state index contributed by atoms with van der Waals surface area (Å²) in [6, 6.07) is 46.7. The van der Waals surface area contributed by atoms with Gasteiger partial charge < -0.3 is 14.4 Å². The van der Waals surface area contributed by atoms with Crippen molar-refractivity contribution < 1.29 is 23.3 Å². The zero-order valence-electron chi connectivity index (χ0n) is 68.5. The number of nitriles is 1. The predicted octanol–water partition coefficient (Wildman–Crippen LogP) is 21.0. The van der Waals surface area contributed by atoms with Gasteiger partial charge in [-0.25, -0.2) is 0 Å². The first-order valence-electron chi connectivity index (χ1n) is 38.8. The molecule has 434 valence electrons. The van der Waals surface area contributed by atoms with E-state index in [-0.39, 0.29) is 55.0 Å². The molecule has 0 atom stereocenters. The maximum Gasteiger partial charge on any atom is 0.252 e. The molecule has 0 bridgehead atoms. The monoisotopic (exact) mass is 1180 g/mol. The SMILES string of the molecule is [2H]c1c([2H])c([2H])c(-c2ccc3c(c2)N(c2ccc(C#N)c(-n4c5c([2H])c([2H])c([2H])c([2H])c5c5c([2H])c(-c6c([2H])c([2H])c([2H])c([2H])c6[2H])c([2H])c([2H])c54)c2)c2cc(C(C)(C)C)cc4c2B3c2ccc(-c3cc(C(C)(C)C)cc(C(C)(C)C)c3)cc2N4c2cc(-c3ccccc3)cc(-c3ccccc3)c2)c([2H])c1[2H]. The van der Waals surface area contributed by atoms with E-state index >= 15 is 0 Å². The number of hydrogen-bond acceptors (Lipinski definition) is 3. The second kappa shape index (κ2) is 21.4. The van der Waals surface area contributed by atoms with Crippen molar-refractivity contribution in [3.05, 3.63) is 289 Å². The first-order chi connectivity index (χ1) is 50.5. The second-order valence-corrected chi connectivity index (χ2v) is 26.5. The minimum absolute atomic E-state index is 0.0556. The highest BCUT2D eigenvalue weighted by atomic mass is 15.2. The van der Waals surface area contributed by atoms with E-state index in [0.717, 1.165) is 72.4 Å². The Labute approximate surface area is 554 Å². The summed E-state index contributed by atoms with van der Waals surface area (Å²) in [5.41, 5.74) is 12.9. The molecule has 4 nitrogen and oxygen atoms in total. The fraction of sp³-hybridized carbons (Fsp3) is 0.141. The van der Waals surface area contributed by atoms with E-state index in [0.29, 0.717) is 17.1 Å². The van der Waals surface area contributed by atoms with Crippen LogP contribution in [-0.2, 0) is 16.2 Å². The van der Waals surface area contributed by atoms with Crippen molar-refractivity contribution in [3.63, 3.8) is 0 Å². The number of rotatable bonds is 8. The van der Waals surface area contributed by atoms with E-state index < -0.39 is 126 Å². The van der Waals surface area contributed by atoms with Crippen molar-refractivity contribution in [3.8, 4) is 67.4 Å². The van der Waals surface area contributed by atoms with Gasteiger partial charge in [-0.2, -0.15) is 5.26 Å². The van der Waals surface area contributed by atoms with Crippen LogP contribution in [0.5, 0.6) is 0 Å². The number of nitrogens with zero attached hydrogens (tertiary/aromatic N) is 4. The Morgan fingerprint density at radius 2 is 0.844 bits per heavy atom. The molecule has 3 heterocycles. The number of hydrogen-bond donors (Lipinski definition) is 0. The molecule has 0 saturated carbocycles. The molecule has 0 N–H and O–H groups in total. The molecule has 0 unspecified atom stereocenters. The van der Waals surface area contributed by atoms with Crippen molar-refractivity contribution in [2.75, 3.05) is 9.80 Å². The van der Waals surface area contributed by atoms with Gasteiger partial charge in [-0.05, 0) is 184 Å². The van der Waals surface area contributed by atoms with Crippen LogP contribution < -0.4 is 26.2 Å². The molecular weight excluding hydrogens is 1090 g/mol. The third-order valence-corrected chi connectivity index (χ3v) is 17.6. The van der Waals surface area contributed by atoms with E-state index in [4.69, 9.17) is 12.3 Å². The van der Waals surface area contributed by atoms with Gasteiger partial charge in [0.1, 0.15) is 6.07 Å². The second-order valence-electron chi connectivity index (χ2n) is 26.5. The van der Waals surface area contributed by atoms with Crippen LogP contribution in [0.25, 0.3) is 83.1 Å². The molecule has 0 spiro atoms. The smallest absolute Gasteiger partial charge is 0.252 e. The molecule has 0 radical (unpaired) electrons. The van der Waals surface area contributed by atoms with Crippen LogP contribution >= 0.6 is 0 Å². The topological polar surface area (TPSA) is 35.2 Å². The Balaban J connectivity index is 1.09. The molecule has 90 heavy (non-hydrogen) atoms. The largest absolute Gasteiger partial charge is 0.311 e. The highest BCUT2D eigenvalue weighted by molar-refractivity contribution is 7.00. The van der Waals surface area contributed by atoms with Gasteiger partial charge >= 0.3 is 0 Å². The van der Waals surface area contributed by atoms with Crippen LogP contribution in [0.3, 0.4) is 0 Å². The van der Waals surface area contributed by atoms with Gasteiger partial charge in [0.25, 0.3) is 6.71 Å². The molecule has 2 aliphatic heterocycles. The summed E-state index contributed by atoms with van der Waals surface area (Å²) in [4.78, 5) is 4.35. The highest BCUT2D eigenvalue weighted by Gasteiger charge is 2.45. The summed E-state index contributed by atoms with van der Waals surface area (Å²) >= 11 is 0. The third kappa shape index (κ3) is 9.70. The first kappa shape index (κ1) is 40.2. The molecule has 12 aromatic carbocycles. The Bertz CT molecular complexity index is 5940. The van der Waals surface area contributed by atoms with Crippen molar-refractivity contribution in [2.24, 2.45) is 0 Å². The Morgan fingerprint density at radius 3 is 1.40 bits per heavy atom. The number of anilines is 6. The van der Waals surface area contributed by atoms with E-state index in [1.165, 1.54) is 21.8 Å². The molecule has 0 aliphatic carbocycles. The maximum atomic E-state index is 11.5. The van der Waals surface area contributed by atoms with Gasteiger partial charge in [-0.3, -0.25) is 0 Å². The summed E-state index contributed by atoms with van der Waals surface area (Å²) in [6.07, 6.45) is 0. The summed E-state index contributed by atoms with van der Waals surface area (Å²) in [7, 11) is 0. The normalized spacial score (nSPS) is 15.5. The van der Waals surface area contributed by atoms with Gasteiger partial charge in [0.15, 0.2) is 0 Å². The van der Waals surface area contributed by atoms with Crippen molar-refractivity contribution >= 4 is 79.0 Å². The molecule has 5 heteroatoms. The van der Waals surface area contributed by atoms with Crippen molar-refractivity contribution in [2.45, 2.75) is 78.6 Å². The van der Waals surface area contributed by atoms with Gasteiger partial charge in [0.2, 0.25) is 0 Å². The van der Waals surface area contributed by atoms with Crippen molar-refractivity contribution in [1.82, 2.24) is 4.57 Å². The van der Waals surface area contributed by atoms with Gasteiger partial charge in [-0.15, -0.1) is 0 Å². The first-order valence-corrected chi connectivity index (χ1v) is 30.3. The minimum atomic E-state index is -0.764. The fourth-order valence-electron chi connectivity index (χ4n) is 12.9. The number of fused-ring (bicyclic) bond motifs is 7. The molecule has 0 saturated heterocycles. The van der Waals surface area contributed by atoms with Crippen LogP contribution in [-0.4, -0.2) is 11.3 Å². The molecule has 15 rings (SSSR count). The Morgan fingerprint density at radius 1 is 0.356 bits per heavy atom. The van der Waals surface area contributed by atoms with Crippen LogP contribution in [0, 0.1) is 11.3 Å². The number of benzene rings is 12. The highest BCUT2D eigenvalue weighted by Crippen LogP contribution is 2.50. The van der Waals surface area contributed by atoms with Crippen molar-refractivity contribution in [1.29, 1.82) is 5.26 Å². The average Bonchev–Trinajstić information content (AvgIpc) is 1.62. The van der Waals surface area contributed by atoms with Crippen LogP contribution in [0.4, 0.5) is 34.1 Å². The lowest BCUT2D eigenvalue weighted by Gasteiger charge is -2.45. The number of para-hydroxylation sites is 1.